The highest BCUT2D eigenvalue weighted by atomic mass is 35.5. The van der Waals surface area contributed by atoms with Gasteiger partial charge in [0.25, 0.3) is 0 Å². The number of anilines is 1. The van der Waals surface area contributed by atoms with Gasteiger partial charge in [0.2, 0.25) is 11.8 Å². The van der Waals surface area contributed by atoms with E-state index in [0.29, 0.717) is 18.8 Å². The molecule has 0 bridgehead atoms. The van der Waals surface area contributed by atoms with E-state index in [1.54, 1.807) is 0 Å². The quantitative estimate of drug-likeness (QED) is 0.820. The van der Waals surface area contributed by atoms with Crippen LogP contribution in [0.2, 0.25) is 5.02 Å². The van der Waals surface area contributed by atoms with Gasteiger partial charge in [-0.15, -0.1) is 0 Å². The Balaban J connectivity index is 1.60. The Kier molecular flexibility index (Phi) is 5.96. The van der Waals surface area contributed by atoms with Gasteiger partial charge < -0.3 is 15.0 Å². The number of hydrogen-bond acceptors (Lipinski definition) is 3. The highest BCUT2D eigenvalue weighted by Crippen LogP contribution is 2.28. The van der Waals surface area contributed by atoms with Gasteiger partial charge in [-0.3, -0.25) is 9.59 Å². The zero-order valence-corrected chi connectivity index (χ0v) is 15.6. The van der Waals surface area contributed by atoms with Crippen molar-refractivity contribution >= 4 is 29.1 Å². The lowest BCUT2D eigenvalue weighted by Crippen LogP contribution is -2.32. The van der Waals surface area contributed by atoms with Crippen LogP contribution < -0.4 is 15.0 Å². The minimum Gasteiger partial charge on any atom is -0.494 e. The lowest BCUT2D eigenvalue weighted by atomic mass is 10.1. The predicted molar refractivity (Wildman–Crippen MR) is 101 cm³/mol. The third-order valence-electron chi connectivity index (χ3n) is 4.39. The highest BCUT2D eigenvalue weighted by Gasteiger charge is 2.35. The maximum absolute atomic E-state index is 13.3. The summed E-state index contributed by atoms with van der Waals surface area (Å²) in [5.41, 5.74) is 1.41. The molecule has 0 radical (unpaired) electrons. The smallest absolute Gasteiger partial charge is 0.227 e. The Hall–Kier alpha value is -2.60. The van der Waals surface area contributed by atoms with Crippen molar-refractivity contribution < 1.29 is 18.7 Å². The van der Waals surface area contributed by atoms with Crippen molar-refractivity contribution in [1.82, 2.24) is 5.32 Å². The first-order valence-corrected chi connectivity index (χ1v) is 9.10. The van der Waals surface area contributed by atoms with E-state index in [4.69, 9.17) is 16.3 Å². The monoisotopic (exact) mass is 390 g/mol. The Morgan fingerprint density at radius 2 is 2.15 bits per heavy atom. The molecule has 0 saturated carbocycles. The van der Waals surface area contributed by atoms with E-state index in [9.17, 15) is 14.0 Å². The molecule has 7 heteroatoms. The number of halogens is 2. The molecular weight excluding hydrogens is 371 g/mol. The zero-order chi connectivity index (χ0) is 19.4. The molecule has 1 heterocycles. The van der Waals surface area contributed by atoms with Crippen LogP contribution in [0.15, 0.2) is 42.5 Å². The predicted octanol–water partition coefficient (Wildman–Crippen LogP) is 3.55. The van der Waals surface area contributed by atoms with Crippen molar-refractivity contribution in [2.24, 2.45) is 5.92 Å². The number of amides is 2. The standard InChI is InChI=1S/C20H20ClFN2O3/c1-2-27-16-5-3-4-13(8-16)11-23-20(26)14-9-19(25)24(12-14)15-6-7-18(22)17(21)10-15/h3-8,10,14H,2,9,11-12H2,1H3,(H,23,26)/t14-/m1/s1. The summed E-state index contributed by atoms with van der Waals surface area (Å²) in [4.78, 5) is 26.2. The summed E-state index contributed by atoms with van der Waals surface area (Å²) in [6, 6.07) is 11.6. The summed E-state index contributed by atoms with van der Waals surface area (Å²) < 4.78 is 18.8. The SMILES string of the molecule is CCOc1cccc(CNC(=O)[C@@H]2CC(=O)N(c3ccc(F)c(Cl)c3)C2)c1. The van der Waals surface area contributed by atoms with E-state index in [2.05, 4.69) is 5.32 Å². The average Bonchev–Trinajstić information content (AvgIpc) is 3.04. The van der Waals surface area contributed by atoms with Crippen LogP contribution in [0, 0.1) is 11.7 Å². The Morgan fingerprint density at radius 1 is 1.33 bits per heavy atom. The summed E-state index contributed by atoms with van der Waals surface area (Å²) in [5, 5.41) is 2.81. The molecule has 1 aliphatic rings. The molecule has 0 aromatic heterocycles. The van der Waals surface area contributed by atoms with Gasteiger partial charge >= 0.3 is 0 Å². The molecule has 1 saturated heterocycles. The van der Waals surface area contributed by atoms with E-state index in [1.807, 2.05) is 31.2 Å². The number of benzene rings is 2. The topological polar surface area (TPSA) is 58.6 Å². The molecular formula is C20H20ClFN2O3. The van der Waals surface area contributed by atoms with Gasteiger partial charge in [-0.2, -0.15) is 0 Å². The van der Waals surface area contributed by atoms with Gasteiger partial charge in [-0.25, -0.2) is 4.39 Å². The van der Waals surface area contributed by atoms with Crippen molar-refractivity contribution in [2.45, 2.75) is 19.9 Å². The van der Waals surface area contributed by atoms with E-state index in [0.717, 1.165) is 11.3 Å². The van der Waals surface area contributed by atoms with Crippen molar-refractivity contribution in [3.63, 3.8) is 0 Å². The second-order valence-electron chi connectivity index (χ2n) is 6.30. The van der Waals surface area contributed by atoms with Crippen LogP contribution in [0.3, 0.4) is 0 Å². The summed E-state index contributed by atoms with van der Waals surface area (Å²) in [6.45, 7) is 3.08. The summed E-state index contributed by atoms with van der Waals surface area (Å²) in [6.07, 6.45) is 0.111. The molecule has 1 fully saturated rings. The maximum atomic E-state index is 13.3. The Bertz CT molecular complexity index is 859. The average molecular weight is 391 g/mol. The van der Waals surface area contributed by atoms with Gasteiger partial charge in [0.05, 0.1) is 17.5 Å². The Labute approximate surface area is 162 Å². The molecule has 1 atom stereocenters. The number of ether oxygens (including phenoxy) is 1. The normalized spacial score (nSPS) is 16.5. The van der Waals surface area contributed by atoms with Crippen molar-refractivity contribution in [3.05, 3.63) is 58.9 Å². The van der Waals surface area contributed by atoms with Crippen LogP contribution in [0.1, 0.15) is 18.9 Å². The van der Waals surface area contributed by atoms with Crippen molar-refractivity contribution in [3.8, 4) is 5.75 Å². The minimum atomic E-state index is -0.546. The molecule has 0 unspecified atom stereocenters. The largest absolute Gasteiger partial charge is 0.494 e. The molecule has 142 valence electrons. The number of carbonyl (C=O) groups is 2. The molecule has 3 rings (SSSR count). The van der Waals surface area contributed by atoms with Gasteiger partial charge in [0.15, 0.2) is 0 Å². The molecule has 2 aromatic rings. The van der Waals surface area contributed by atoms with Crippen molar-refractivity contribution in [1.29, 1.82) is 0 Å². The van der Waals surface area contributed by atoms with E-state index < -0.39 is 11.7 Å². The lowest BCUT2D eigenvalue weighted by molar-refractivity contribution is -0.126. The minimum absolute atomic E-state index is 0.0534. The van der Waals surface area contributed by atoms with Crippen LogP contribution in [-0.4, -0.2) is 25.0 Å². The second-order valence-corrected chi connectivity index (χ2v) is 6.71. The third kappa shape index (κ3) is 4.57. The number of hydrogen-bond donors (Lipinski definition) is 1. The number of nitrogens with one attached hydrogen (secondary N) is 1. The second kappa shape index (κ2) is 8.39. The van der Waals surface area contributed by atoms with Crippen LogP contribution in [0.5, 0.6) is 5.75 Å². The van der Waals surface area contributed by atoms with Crippen LogP contribution in [0.4, 0.5) is 10.1 Å². The zero-order valence-electron chi connectivity index (χ0n) is 14.9. The maximum Gasteiger partial charge on any atom is 0.227 e. The molecule has 1 N–H and O–H groups in total. The fourth-order valence-corrected chi connectivity index (χ4v) is 3.21. The summed E-state index contributed by atoms with van der Waals surface area (Å²) in [7, 11) is 0. The number of rotatable bonds is 6. The summed E-state index contributed by atoms with van der Waals surface area (Å²) in [5.74, 6) is -0.635. The molecule has 0 aliphatic carbocycles. The van der Waals surface area contributed by atoms with Gasteiger partial charge in [0, 0.05) is 25.2 Å². The first-order chi connectivity index (χ1) is 13.0. The lowest BCUT2D eigenvalue weighted by Gasteiger charge is -2.17. The fraction of sp³-hybridized carbons (Fsp3) is 0.300. The Morgan fingerprint density at radius 3 is 2.89 bits per heavy atom. The molecule has 27 heavy (non-hydrogen) atoms. The van der Waals surface area contributed by atoms with E-state index >= 15 is 0 Å². The fourth-order valence-electron chi connectivity index (χ4n) is 3.03. The van der Waals surface area contributed by atoms with Gasteiger partial charge in [-0.1, -0.05) is 23.7 Å². The van der Waals surface area contributed by atoms with Crippen LogP contribution in [-0.2, 0) is 16.1 Å². The number of carbonyl (C=O) groups excluding carboxylic acids is 2. The third-order valence-corrected chi connectivity index (χ3v) is 4.68. The molecule has 5 nitrogen and oxygen atoms in total. The van der Waals surface area contributed by atoms with Crippen LogP contribution >= 0.6 is 11.6 Å². The summed E-state index contributed by atoms with van der Waals surface area (Å²) >= 11 is 5.79. The number of nitrogens with zero attached hydrogens (tertiary/aromatic N) is 1. The molecule has 0 spiro atoms. The molecule has 2 aromatic carbocycles. The van der Waals surface area contributed by atoms with Gasteiger partial charge in [-0.05, 0) is 42.8 Å². The van der Waals surface area contributed by atoms with Crippen LogP contribution in [0.25, 0.3) is 0 Å². The molecule has 2 amide bonds. The van der Waals surface area contributed by atoms with E-state index in [1.165, 1.54) is 23.1 Å². The van der Waals surface area contributed by atoms with Gasteiger partial charge in [0.1, 0.15) is 11.6 Å². The van der Waals surface area contributed by atoms with E-state index in [-0.39, 0.29) is 29.8 Å². The first kappa shape index (κ1) is 19.2. The highest BCUT2D eigenvalue weighted by molar-refractivity contribution is 6.31. The first-order valence-electron chi connectivity index (χ1n) is 8.72. The van der Waals surface area contributed by atoms with Crippen molar-refractivity contribution in [2.75, 3.05) is 18.1 Å². The molecule has 1 aliphatic heterocycles.